The summed E-state index contributed by atoms with van der Waals surface area (Å²) in [6.45, 7) is 1.68. The first-order valence-electron chi connectivity index (χ1n) is 8.72. The van der Waals surface area contributed by atoms with E-state index in [1.54, 1.807) is 6.92 Å². The average molecular weight is 364 g/mol. The van der Waals surface area contributed by atoms with Gasteiger partial charge in [-0.2, -0.15) is 0 Å². The van der Waals surface area contributed by atoms with Crippen LogP contribution in [0, 0.1) is 18.6 Å². The molecule has 0 unspecified atom stereocenters. The van der Waals surface area contributed by atoms with Gasteiger partial charge in [0.1, 0.15) is 28.8 Å². The third kappa shape index (κ3) is 3.30. The number of hydrogen-bond acceptors (Lipinski definition) is 3. The number of benzene rings is 2. The van der Waals surface area contributed by atoms with Gasteiger partial charge in [0.2, 0.25) is 0 Å². The topological polar surface area (TPSA) is 43.6 Å². The summed E-state index contributed by atoms with van der Waals surface area (Å²) in [6.07, 6.45) is 2.97. The summed E-state index contributed by atoms with van der Waals surface area (Å²) < 4.78 is 30.3. The Labute approximate surface area is 155 Å². The fourth-order valence-corrected chi connectivity index (χ4v) is 3.26. The van der Waals surface area contributed by atoms with Crippen LogP contribution in [-0.4, -0.2) is 19.5 Å². The molecule has 2 heterocycles. The number of rotatable bonds is 4. The van der Waals surface area contributed by atoms with Crippen LogP contribution < -0.4 is 0 Å². The van der Waals surface area contributed by atoms with Gasteiger partial charge in [0.05, 0.1) is 16.8 Å². The minimum absolute atomic E-state index is 0.0299. The molecule has 0 amide bonds. The van der Waals surface area contributed by atoms with Crippen molar-refractivity contribution < 1.29 is 8.78 Å². The lowest BCUT2D eigenvalue weighted by Crippen LogP contribution is -2.05. The number of hydrogen-bond donors (Lipinski definition) is 0. The van der Waals surface area contributed by atoms with Crippen molar-refractivity contribution in [2.24, 2.45) is 7.05 Å². The molecule has 0 aliphatic rings. The van der Waals surface area contributed by atoms with Crippen LogP contribution in [-0.2, 0) is 19.9 Å². The van der Waals surface area contributed by atoms with Crippen LogP contribution in [0.3, 0.4) is 0 Å². The van der Waals surface area contributed by atoms with Gasteiger partial charge in [0.25, 0.3) is 0 Å². The molecule has 0 radical (unpaired) electrons. The van der Waals surface area contributed by atoms with Crippen molar-refractivity contribution in [3.05, 3.63) is 77.6 Å². The quantitative estimate of drug-likeness (QED) is 0.539. The number of aryl methyl sites for hydroxylation is 4. The Hall–Kier alpha value is -3.15. The Bertz CT molecular complexity index is 1120. The van der Waals surface area contributed by atoms with Crippen LogP contribution in [0.2, 0.25) is 0 Å². The van der Waals surface area contributed by atoms with Crippen LogP contribution in [0.15, 0.2) is 48.7 Å². The van der Waals surface area contributed by atoms with Crippen molar-refractivity contribution >= 4 is 10.9 Å². The summed E-state index contributed by atoms with van der Waals surface area (Å²) in [7, 11) is 1.93. The first-order valence-corrected chi connectivity index (χ1v) is 8.72. The molecule has 4 rings (SSSR count). The van der Waals surface area contributed by atoms with Gasteiger partial charge in [0, 0.05) is 25.2 Å². The van der Waals surface area contributed by atoms with E-state index in [0.717, 1.165) is 29.2 Å². The number of fused-ring (bicyclic) bond motifs is 1. The third-order valence-electron chi connectivity index (χ3n) is 4.56. The van der Waals surface area contributed by atoms with E-state index in [0.29, 0.717) is 24.4 Å². The second kappa shape index (κ2) is 6.87. The second-order valence-electron chi connectivity index (χ2n) is 6.49. The smallest absolute Gasteiger partial charge is 0.149 e. The lowest BCUT2D eigenvalue weighted by molar-refractivity contribution is 0.612. The molecular weight excluding hydrogens is 346 g/mol. The fourth-order valence-electron chi connectivity index (χ4n) is 3.26. The Morgan fingerprint density at radius 1 is 0.889 bits per heavy atom. The predicted octanol–water partition coefficient (Wildman–Crippen LogP) is 4.40. The zero-order valence-corrected chi connectivity index (χ0v) is 15.1. The molecule has 0 spiro atoms. The van der Waals surface area contributed by atoms with Crippen LogP contribution in [0.5, 0.6) is 0 Å². The molecule has 4 nitrogen and oxygen atoms in total. The average Bonchev–Trinajstić information content (AvgIpc) is 3.04. The highest BCUT2D eigenvalue weighted by Crippen LogP contribution is 2.24. The Morgan fingerprint density at radius 2 is 1.63 bits per heavy atom. The summed E-state index contributed by atoms with van der Waals surface area (Å²) in [6, 6.07) is 12.1. The van der Waals surface area contributed by atoms with Crippen molar-refractivity contribution in [2.75, 3.05) is 0 Å². The van der Waals surface area contributed by atoms with Crippen molar-refractivity contribution in [3.8, 4) is 11.3 Å². The zero-order chi connectivity index (χ0) is 19.0. The second-order valence-corrected chi connectivity index (χ2v) is 6.49. The summed E-state index contributed by atoms with van der Waals surface area (Å²) in [4.78, 5) is 13.1. The van der Waals surface area contributed by atoms with Gasteiger partial charge >= 0.3 is 0 Å². The highest BCUT2D eigenvalue weighted by Gasteiger charge is 2.15. The third-order valence-corrected chi connectivity index (χ3v) is 4.56. The molecule has 0 N–H and O–H groups in total. The van der Waals surface area contributed by atoms with Crippen LogP contribution in [0.25, 0.3) is 22.2 Å². The van der Waals surface area contributed by atoms with Gasteiger partial charge in [-0.3, -0.25) is 0 Å². The van der Waals surface area contributed by atoms with Crippen molar-refractivity contribution in [1.29, 1.82) is 0 Å². The maximum Gasteiger partial charge on any atom is 0.149 e. The molecule has 0 saturated heterocycles. The molecule has 27 heavy (non-hydrogen) atoms. The molecule has 0 saturated carbocycles. The highest BCUT2D eigenvalue weighted by atomic mass is 19.1. The SMILES string of the molecule is Cc1nc(CCc2nc(-c3ccccc3)cn2C)c2c(F)ccc(F)c2n1. The first-order chi connectivity index (χ1) is 13.0. The minimum atomic E-state index is -0.540. The number of halogens is 2. The monoisotopic (exact) mass is 364 g/mol. The lowest BCUT2D eigenvalue weighted by Gasteiger charge is -2.08. The maximum atomic E-state index is 14.3. The molecule has 0 aliphatic heterocycles. The Balaban J connectivity index is 1.67. The standard InChI is InChI=1S/C21H18F2N4/c1-13-24-17(20-15(22)8-9-16(23)21(20)25-13)10-11-19-26-18(12-27(19)2)14-6-4-3-5-7-14/h3-9,12H,10-11H2,1-2H3. The molecular formula is C21H18F2N4. The van der Waals surface area contributed by atoms with E-state index in [1.807, 2.05) is 48.1 Å². The van der Waals surface area contributed by atoms with Crippen molar-refractivity contribution in [2.45, 2.75) is 19.8 Å². The van der Waals surface area contributed by atoms with E-state index < -0.39 is 11.6 Å². The molecule has 2 aromatic heterocycles. The van der Waals surface area contributed by atoms with Gasteiger partial charge in [-0.05, 0) is 25.5 Å². The van der Waals surface area contributed by atoms with Gasteiger partial charge in [-0.15, -0.1) is 0 Å². The maximum absolute atomic E-state index is 14.3. The lowest BCUT2D eigenvalue weighted by atomic mass is 10.1. The van der Waals surface area contributed by atoms with Crippen LogP contribution in [0.4, 0.5) is 8.78 Å². The Morgan fingerprint density at radius 3 is 2.41 bits per heavy atom. The number of nitrogens with zero attached hydrogens (tertiary/aromatic N) is 4. The largest absolute Gasteiger partial charge is 0.337 e. The minimum Gasteiger partial charge on any atom is -0.337 e. The van der Waals surface area contributed by atoms with Crippen LogP contribution >= 0.6 is 0 Å². The van der Waals surface area contributed by atoms with Crippen molar-refractivity contribution in [3.63, 3.8) is 0 Å². The van der Waals surface area contributed by atoms with E-state index in [-0.39, 0.29) is 10.9 Å². The fraction of sp³-hybridized carbons (Fsp3) is 0.190. The first kappa shape index (κ1) is 17.3. The number of aromatic nitrogens is 4. The van der Waals surface area contributed by atoms with E-state index in [4.69, 9.17) is 0 Å². The van der Waals surface area contributed by atoms with Gasteiger partial charge in [0.15, 0.2) is 0 Å². The molecule has 4 aromatic rings. The van der Waals surface area contributed by atoms with E-state index >= 15 is 0 Å². The molecule has 0 bridgehead atoms. The molecule has 0 fully saturated rings. The zero-order valence-electron chi connectivity index (χ0n) is 15.1. The highest BCUT2D eigenvalue weighted by molar-refractivity contribution is 5.82. The van der Waals surface area contributed by atoms with E-state index in [1.165, 1.54) is 0 Å². The van der Waals surface area contributed by atoms with Crippen molar-refractivity contribution in [1.82, 2.24) is 19.5 Å². The van der Waals surface area contributed by atoms with Crippen LogP contribution in [0.1, 0.15) is 17.3 Å². The van der Waals surface area contributed by atoms with E-state index in [2.05, 4.69) is 15.0 Å². The number of imidazole rings is 1. The van der Waals surface area contributed by atoms with Gasteiger partial charge < -0.3 is 4.57 Å². The van der Waals surface area contributed by atoms with Gasteiger partial charge in [-0.1, -0.05) is 30.3 Å². The summed E-state index contributed by atoms with van der Waals surface area (Å²) in [5.74, 6) is 0.231. The molecule has 0 atom stereocenters. The summed E-state index contributed by atoms with van der Waals surface area (Å²) in [5.41, 5.74) is 2.45. The predicted molar refractivity (Wildman–Crippen MR) is 100 cm³/mol. The molecule has 2 aromatic carbocycles. The summed E-state index contributed by atoms with van der Waals surface area (Å²) in [5, 5.41) is 0.151. The molecule has 0 aliphatic carbocycles. The molecule has 6 heteroatoms. The normalized spacial score (nSPS) is 11.3. The summed E-state index contributed by atoms with van der Waals surface area (Å²) >= 11 is 0. The Kier molecular flexibility index (Phi) is 4.39. The van der Waals surface area contributed by atoms with Gasteiger partial charge in [-0.25, -0.2) is 23.7 Å². The molecule has 136 valence electrons. The van der Waals surface area contributed by atoms with E-state index in [9.17, 15) is 8.78 Å².